The van der Waals surface area contributed by atoms with Gasteiger partial charge < -0.3 is 19.8 Å². The molecule has 0 saturated heterocycles. The Kier molecular flexibility index (Phi) is 46.8. The van der Waals surface area contributed by atoms with Crippen molar-refractivity contribution in [2.24, 2.45) is 0 Å². The highest BCUT2D eigenvalue weighted by Crippen LogP contribution is 2.43. The van der Waals surface area contributed by atoms with Crippen LogP contribution in [0.1, 0.15) is 284 Å². The molecule has 382 valence electrons. The van der Waals surface area contributed by atoms with Crippen LogP contribution in [0.15, 0.2) is 12.2 Å². The van der Waals surface area contributed by atoms with Gasteiger partial charge in [-0.15, -0.1) is 0 Å². The van der Waals surface area contributed by atoms with Gasteiger partial charge in [0.05, 0.1) is 39.9 Å². The summed E-state index contributed by atoms with van der Waals surface area (Å²) in [7, 11) is 1.63. The number of quaternary nitrogens is 1. The number of rotatable bonds is 52. The molecule has 0 aromatic heterocycles. The number of carbonyl (C=O) groups excluding carboxylic acids is 1. The second-order valence-corrected chi connectivity index (χ2v) is 22.1. The van der Waals surface area contributed by atoms with Gasteiger partial charge in [0.25, 0.3) is 0 Å². The van der Waals surface area contributed by atoms with Gasteiger partial charge in [0.2, 0.25) is 5.91 Å². The molecular weight excluding hydrogens is 816 g/mol. The molecule has 0 spiro atoms. The minimum Gasteiger partial charge on any atom is -0.391 e. The summed E-state index contributed by atoms with van der Waals surface area (Å²) in [6, 6.07) is -0.757. The van der Waals surface area contributed by atoms with Crippen LogP contribution in [0.25, 0.3) is 0 Å². The molecule has 0 aromatic carbocycles. The Morgan fingerprint density at radius 2 is 0.844 bits per heavy atom. The lowest BCUT2D eigenvalue weighted by Crippen LogP contribution is -2.46. The van der Waals surface area contributed by atoms with E-state index in [1.54, 1.807) is 0 Å². The fraction of sp³-hybridized carbons (Fsp3) is 0.945. The summed E-state index contributed by atoms with van der Waals surface area (Å²) in [6.45, 7) is 4.93. The molecule has 3 unspecified atom stereocenters. The number of phosphoric acid groups is 1. The van der Waals surface area contributed by atoms with Gasteiger partial charge >= 0.3 is 7.82 Å². The van der Waals surface area contributed by atoms with E-state index < -0.39 is 20.0 Å². The quantitative estimate of drug-likeness (QED) is 0.0243. The smallest absolute Gasteiger partial charge is 0.391 e. The van der Waals surface area contributed by atoms with Crippen molar-refractivity contribution in [3.8, 4) is 0 Å². The molecule has 0 aliphatic heterocycles. The number of phosphoric ester groups is 1. The SMILES string of the molecule is CCCCCCCCCC/C=C\CCCCCCCCCCCCCCCC(=O)NC(COP(=O)(O)OCC[N+](C)(C)C)C(O)CCCCCCCCCCCCCCCCCCC. The van der Waals surface area contributed by atoms with Crippen LogP contribution in [-0.4, -0.2) is 73.4 Å². The largest absolute Gasteiger partial charge is 0.472 e. The molecule has 8 nitrogen and oxygen atoms in total. The van der Waals surface area contributed by atoms with Crippen LogP contribution in [0.3, 0.4) is 0 Å². The lowest BCUT2D eigenvalue weighted by Gasteiger charge is -2.26. The maximum atomic E-state index is 13.0. The number of hydrogen-bond donors (Lipinski definition) is 3. The van der Waals surface area contributed by atoms with Gasteiger partial charge in [0, 0.05) is 6.42 Å². The third kappa shape index (κ3) is 49.2. The zero-order valence-electron chi connectivity index (χ0n) is 43.6. The number of amides is 1. The summed E-state index contributed by atoms with van der Waals surface area (Å²) in [5, 5.41) is 14.1. The predicted octanol–water partition coefficient (Wildman–Crippen LogP) is 16.7. The number of aliphatic hydroxyl groups excluding tert-OH is 1. The van der Waals surface area contributed by atoms with E-state index >= 15 is 0 Å². The van der Waals surface area contributed by atoms with Gasteiger partial charge in [-0.2, -0.15) is 0 Å². The van der Waals surface area contributed by atoms with E-state index in [-0.39, 0.29) is 19.1 Å². The first-order valence-electron chi connectivity index (χ1n) is 28.1. The van der Waals surface area contributed by atoms with E-state index in [0.717, 1.165) is 38.5 Å². The molecule has 3 N–H and O–H groups in total. The van der Waals surface area contributed by atoms with Crippen molar-refractivity contribution in [3.05, 3.63) is 12.2 Å². The number of aliphatic hydroxyl groups is 1. The first-order valence-corrected chi connectivity index (χ1v) is 29.5. The molecule has 9 heteroatoms. The Morgan fingerprint density at radius 3 is 1.20 bits per heavy atom. The molecule has 0 bridgehead atoms. The monoisotopic (exact) mass is 928 g/mol. The number of nitrogens with one attached hydrogen (secondary N) is 1. The average Bonchev–Trinajstić information content (AvgIpc) is 3.25. The van der Waals surface area contributed by atoms with Crippen molar-refractivity contribution < 1.29 is 32.9 Å². The molecule has 0 saturated carbocycles. The van der Waals surface area contributed by atoms with Crippen molar-refractivity contribution >= 4 is 13.7 Å². The van der Waals surface area contributed by atoms with Crippen LogP contribution < -0.4 is 5.32 Å². The van der Waals surface area contributed by atoms with Crippen LogP contribution in [-0.2, 0) is 18.4 Å². The second kappa shape index (κ2) is 47.3. The van der Waals surface area contributed by atoms with E-state index in [2.05, 4.69) is 31.3 Å². The lowest BCUT2D eigenvalue weighted by molar-refractivity contribution is -0.870. The molecule has 64 heavy (non-hydrogen) atoms. The van der Waals surface area contributed by atoms with Gasteiger partial charge in [-0.05, 0) is 38.5 Å². The molecular formula is C55H112N2O6P+. The van der Waals surface area contributed by atoms with Gasteiger partial charge in [0.15, 0.2) is 0 Å². The Labute approximate surface area is 399 Å². The fourth-order valence-electron chi connectivity index (χ4n) is 8.57. The summed E-state index contributed by atoms with van der Waals surface area (Å²) >= 11 is 0. The van der Waals surface area contributed by atoms with Gasteiger partial charge in [-0.3, -0.25) is 13.8 Å². The van der Waals surface area contributed by atoms with E-state index in [0.29, 0.717) is 23.9 Å². The van der Waals surface area contributed by atoms with Gasteiger partial charge in [-0.25, -0.2) is 4.57 Å². The standard InChI is InChI=1S/C55H111N2O6P/c1-6-8-10-12-14-16-18-20-22-24-25-26-27-28-29-30-31-33-35-37-39-41-43-45-47-49-55(59)56-53(52-63-64(60,61)62-51-50-57(3,4)5)54(58)48-46-44-42-40-38-36-34-32-23-21-19-17-15-13-11-9-7-2/h24-25,53-54,58H,6-23,26-52H2,1-5H3,(H-,56,59,60,61)/p+1/b25-24-. The Hall–Kier alpha value is -0.760. The van der Waals surface area contributed by atoms with Crippen molar-refractivity contribution in [3.63, 3.8) is 0 Å². The highest BCUT2D eigenvalue weighted by molar-refractivity contribution is 7.47. The maximum absolute atomic E-state index is 13.0. The third-order valence-corrected chi connectivity index (χ3v) is 14.0. The minimum atomic E-state index is -4.32. The normalized spacial score (nSPS) is 14.0. The zero-order valence-corrected chi connectivity index (χ0v) is 44.4. The fourth-order valence-corrected chi connectivity index (χ4v) is 9.31. The summed E-state index contributed by atoms with van der Waals surface area (Å²) in [5.74, 6) is -0.140. The second-order valence-electron chi connectivity index (χ2n) is 20.7. The number of unbranched alkanes of at least 4 members (excludes halogenated alkanes) is 37. The number of carbonyl (C=O) groups is 1. The summed E-state index contributed by atoms with van der Waals surface area (Å²) in [6.07, 6.45) is 56.9. The van der Waals surface area contributed by atoms with Crippen molar-refractivity contribution in [1.29, 1.82) is 0 Å². The molecule has 0 aliphatic rings. The molecule has 0 fully saturated rings. The van der Waals surface area contributed by atoms with Gasteiger partial charge in [0.1, 0.15) is 13.2 Å². The molecule has 3 atom stereocenters. The number of allylic oxidation sites excluding steroid dienone is 2. The Morgan fingerprint density at radius 1 is 0.516 bits per heavy atom. The molecule has 0 radical (unpaired) electrons. The number of hydrogen-bond acceptors (Lipinski definition) is 5. The van der Waals surface area contributed by atoms with Crippen LogP contribution in [0.5, 0.6) is 0 Å². The first kappa shape index (κ1) is 63.2. The summed E-state index contributed by atoms with van der Waals surface area (Å²) < 4.78 is 23.8. The Balaban J connectivity index is 4.14. The molecule has 0 rings (SSSR count). The third-order valence-electron chi connectivity index (χ3n) is 13.0. The van der Waals surface area contributed by atoms with Crippen LogP contribution in [0.2, 0.25) is 0 Å². The van der Waals surface area contributed by atoms with Crippen LogP contribution >= 0.6 is 7.82 Å². The van der Waals surface area contributed by atoms with Crippen LogP contribution in [0, 0.1) is 0 Å². The number of likely N-dealkylation sites (N-methyl/N-ethyl adjacent to an activating group) is 1. The number of nitrogens with zero attached hydrogens (tertiary/aromatic N) is 1. The van der Waals surface area contributed by atoms with Crippen molar-refractivity contribution in [2.75, 3.05) is 40.9 Å². The van der Waals surface area contributed by atoms with E-state index in [1.807, 2.05) is 21.1 Å². The average molecular weight is 928 g/mol. The lowest BCUT2D eigenvalue weighted by atomic mass is 10.0. The zero-order chi connectivity index (χ0) is 47.1. The highest BCUT2D eigenvalue weighted by Gasteiger charge is 2.28. The van der Waals surface area contributed by atoms with E-state index in [9.17, 15) is 19.4 Å². The minimum absolute atomic E-state index is 0.0774. The van der Waals surface area contributed by atoms with Gasteiger partial charge in [-0.1, -0.05) is 251 Å². The highest BCUT2D eigenvalue weighted by atomic mass is 31.2. The van der Waals surface area contributed by atoms with Crippen molar-refractivity contribution in [2.45, 2.75) is 296 Å². The predicted molar refractivity (Wildman–Crippen MR) is 277 cm³/mol. The summed E-state index contributed by atoms with van der Waals surface area (Å²) in [4.78, 5) is 23.3. The first-order chi connectivity index (χ1) is 31.0. The molecule has 0 aliphatic carbocycles. The Bertz CT molecular complexity index is 1050. The maximum Gasteiger partial charge on any atom is 0.472 e. The van der Waals surface area contributed by atoms with E-state index in [4.69, 9.17) is 9.05 Å². The van der Waals surface area contributed by atoms with E-state index in [1.165, 1.54) is 218 Å². The summed E-state index contributed by atoms with van der Waals surface area (Å²) in [5.41, 5.74) is 0. The molecule has 1 amide bonds. The van der Waals surface area contributed by atoms with Crippen molar-refractivity contribution in [1.82, 2.24) is 5.32 Å². The molecule has 0 aromatic rings. The molecule has 0 heterocycles. The topological polar surface area (TPSA) is 105 Å². The van der Waals surface area contributed by atoms with Crippen LogP contribution in [0.4, 0.5) is 0 Å².